The summed E-state index contributed by atoms with van der Waals surface area (Å²) in [5.74, 6) is -0.976. The van der Waals surface area contributed by atoms with Gasteiger partial charge >= 0.3 is 23.3 Å². The Balaban J connectivity index is 0.000000684. The molecule has 0 bridgehead atoms. The largest absolute Gasteiger partial charge is 0.385 e. The number of allylic oxidation sites excluding steroid dienone is 1. The monoisotopic (exact) mass is 883 g/mol. The molecule has 1 amide bonds. The molecule has 0 aliphatic rings. The number of nitrogens with one attached hydrogen (secondary N) is 1. The zero-order valence-corrected chi connectivity index (χ0v) is 32.2. The smallest absolute Gasteiger partial charge is 0.370 e. The van der Waals surface area contributed by atoms with Crippen LogP contribution in [0.15, 0.2) is 38.0 Å². The topological polar surface area (TPSA) is 345 Å². The molecule has 0 aliphatic heterocycles. The highest BCUT2D eigenvalue weighted by atomic mass is 79.9. The average Bonchev–Trinajstić information content (AvgIpc) is 3.92. The van der Waals surface area contributed by atoms with Gasteiger partial charge in [0.05, 0.1) is 35.6 Å². The van der Waals surface area contributed by atoms with Crippen LogP contribution in [0.25, 0.3) is 0 Å². The first-order valence-electron chi connectivity index (χ1n) is 14.9. The minimum absolute atomic E-state index is 0.0324. The van der Waals surface area contributed by atoms with Crippen LogP contribution in [-0.2, 0) is 35.1 Å². The van der Waals surface area contributed by atoms with Crippen molar-refractivity contribution >= 4 is 61.0 Å². The van der Waals surface area contributed by atoms with E-state index >= 15 is 0 Å². The molecule has 4 heterocycles. The Morgan fingerprint density at radius 2 is 1.22 bits per heavy atom. The number of halogens is 2. The number of amides is 1. The first-order valence-corrected chi connectivity index (χ1v) is 17.2. The maximum absolute atomic E-state index is 10.6. The van der Waals surface area contributed by atoms with E-state index in [9.17, 15) is 45.3 Å². The maximum Gasteiger partial charge on any atom is 0.385 e. The van der Waals surface area contributed by atoms with Crippen LogP contribution in [0.5, 0.6) is 0 Å². The summed E-state index contributed by atoms with van der Waals surface area (Å²) >= 11 is 6.28. The molecule has 290 valence electrons. The summed E-state index contributed by atoms with van der Waals surface area (Å²) in [6.45, 7) is 9.62. The standard InChI is InChI=1S/C7H9BrN4O3.C7H7BrN4O2.C7H8N4O2.C4H5N3O2.C3H6/c8-3-5-7(12(14)15)10-4-11(5)2-1-6(9)13;8-4-6-7(12(13)14)10-5-11(6)3-1-2-9;1-6-7(11(12)13)9-5-10(6)4-2-3-8;1-3-4(7(8)9)6-2-5-3;1-3-2/h4H,1-3H2,(H2,9,13);5H,1,3-4H2;5H,2,4H2,1H3;2H,1H3,(H,5,6);3H,1H2,2H3. The fraction of sp³-hybridized carbons (Fsp3) is 0.393. The van der Waals surface area contributed by atoms with Gasteiger partial charge in [0.1, 0.15) is 22.8 Å². The lowest BCUT2D eigenvalue weighted by atomic mass is 10.4. The second-order valence-corrected chi connectivity index (χ2v) is 11.0. The van der Waals surface area contributed by atoms with Gasteiger partial charge in [-0.05, 0) is 55.4 Å². The van der Waals surface area contributed by atoms with Gasteiger partial charge in [-0.1, -0.05) is 37.9 Å². The number of hydrogen-bond donors (Lipinski definition) is 2. The predicted molar refractivity (Wildman–Crippen MR) is 197 cm³/mol. The number of aryl methyl sites for hydroxylation is 4. The molecule has 0 unspecified atom stereocenters. The van der Waals surface area contributed by atoms with E-state index in [4.69, 9.17) is 16.3 Å². The van der Waals surface area contributed by atoms with Crippen LogP contribution in [0.2, 0.25) is 0 Å². The Morgan fingerprint density at radius 1 is 0.815 bits per heavy atom. The van der Waals surface area contributed by atoms with Crippen molar-refractivity contribution in [2.24, 2.45) is 5.73 Å². The lowest BCUT2D eigenvalue weighted by Gasteiger charge is -2.02. The SMILES string of the molecule is C=CC.Cc1c([N+](=O)[O-])ncn1CCC#N.Cc1nc[nH]c1[N+](=O)[O-].N#CCCn1cnc([N+](=O)[O-])c1CBr.NC(=O)CCn1cnc([N+](=O)[O-])c1CBr. The van der Waals surface area contributed by atoms with Crippen LogP contribution in [0.4, 0.5) is 23.3 Å². The molecule has 3 N–H and O–H groups in total. The summed E-state index contributed by atoms with van der Waals surface area (Å²) in [6, 6.07) is 3.94. The number of primary amides is 1. The molecular formula is C28H35Br2N15O9. The number of rotatable bonds is 13. The number of alkyl halides is 2. The number of aromatic amines is 1. The van der Waals surface area contributed by atoms with Crippen molar-refractivity contribution in [2.75, 3.05) is 0 Å². The van der Waals surface area contributed by atoms with Gasteiger partial charge in [-0.25, -0.2) is 9.97 Å². The third-order valence-corrected chi connectivity index (χ3v) is 7.27. The zero-order chi connectivity index (χ0) is 41.4. The van der Waals surface area contributed by atoms with E-state index in [0.29, 0.717) is 65.9 Å². The Morgan fingerprint density at radius 3 is 1.54 bits per heavy atom. The summed E-state index contributed by atoms with van der Waals surface area (Å²) in [6.07, 6.45) is 7.91. The molecule has 4 aromatic rings. The van der Waals surface area contributed by atoms with Crippen LogP contribution < -0.4 is 5.73 Å². The van der Waals surface area contributed by atoms with Crippen molar-refractivity contribution in [1.29, 1.82) is 10.5 Å². The summed E-state index contributed by atoms with van der Waals surface area (Å²) in [4.78, 5) is 66.9. The number of nitriles is 2. The molecule has 0 spiro atoms. The second-order valence-electron chi connectivity index (χ2n) is 9.84. The van der Waals surface area contributed by atoms with Gasteiger partial charge in [-0.2, -0.15) is 10.5 Å². The molecule has 0 radical (unpaired) electrons. The van der Waals surface area contributed by atoms with Crippen molar-refractivity contribution < 1.29 is 24.5 Å². The lowest BCUT2D eigenvalue weighted by molar-refractivity contribution is -0.390. The Hall–Kier alpha value is -6.41. The highest BCUT2D eigenvalue weighted by Gasteiger charge is 2.21. The molecule has 0 saturated heterocycles. The number of nitrogens with two attached hydrogens (primary N) is 1. The molecule has 54 heavy (non-hydrogen) atoms. The summed E-state index contributed by atoms with van der Waals surface area (Å²) in [5, 5.41) is 58.8. The van der Waals surface area contributed by atoms with Crippen molar-refractivity contribution in [3.05, 3.63) is 101 Å². The van der Waals surface area contributed by atoms with E-state index < -0.39 is 25.6 Å². The zero-order valence-electron chi connectivity index (χ0n) is 29.1. The number of aromatic nitrogens is 8. The van der Waals surface area contributed by atoms with Crippen LogP contribution >= 0.6 is 31.9 Å². The molecule has 4 rings (SSSR count). The number of hydrogen-bond acceptors (Lipinski definition) is 15. The van der Waals surface area contributed by atoms with E-state index in [1.54, 1.807) is 29.1 Å². The van der Waals surface area contributed by atoms with Crippen LogP contribution in [0.1, 0.15) is 49.0 Å². The van der Waals surface area contributed by atoms with Gasteiger partial charge in [-0.15, -0.1) is 6.58 Å². The van der Waals surface area contributed by atoms with Crippen LogP contribution in [0.3, 0.4) is 0 Å². The molecular weight excluding hydrogens is 850 g/mol. The van der Waals surface area contributed by atoms with Crippen molar-refractivity contribution in [3.8, 4) is 12.1 Å². The number of nitro groups is 4. The van der Waals surface area contributed by atoms with Gasteiger partial charge in [0.25, 0.3) is 0 Å². The second kappa shape index (κ2) is 25.5. The minimum Gasteiger partial charge on any atom is -0.370 e. The predicted octanol–water partition coefficient (Wildman–Crippen LogP) is 4.99. The Labute approximate surface area is 323 Å². The molecule has 4 aromatic heterocycles. The fourth-order valence-corrected chi connectivity index (χ4v) is 4.85. The highest BCUT2D eigenvalue weighted by Crippen LogP contribution is 2.20. The fourth-order valence-electron chi connectivity index (χ4n) is 3.71. The van der Waals surface area contributed by atoms with Crippen molar-refractivity contribution in [3.63, 3.8) is 0 Å². The number of imidazole rings is 4. The van der Waals surface area contributed by atoms with Crippen LogP contribution in [0, 0.1) is 77.0 Å². The summed E-state index contributed by atoms with van der Waals surface area (Å²) in [7, 11) is 0. The number of carbonyl (C=O) groups is 1. The third kappa shape index (κ3) is 15.9. The quantitative estimate of drug-likeness (QED) is 0.0772. The van der Waals surface area contributed by atoms with Crippen molar-refractivity contribution in [2.45, 2.75) is 70.3 Å². The number of H-pyrrole nitrogens is 1. The minimum atomic E-state index is -0.558. The molecule has 0 atom stereocenters. The van der Waals surface area contributed by atoms with E-state index in [0.717, 1.165) is 0 Å². The van der Waals surface area contributed by atoms with E-state index in [2.05, 4.69) is 63.4 Å². The molecule has 24 nitrogen and oxygen atoms in total. The first kappa shape index (κ1) is 47.6. The number of carbonyl (C=O) groups excluding carboxylic acids is 1. The average molecular weight is 885 g/mol. The highest BCUT2D eigenvalue weighted by molar-refractivity contribution is 9.08. The van der Waals surface area contributed by atoms with Gasteiger partial charge < -0.3 is 59.9 Å². The normalized spacial score (nSPS) is 9.46. The first-order chi connectivity index (χ1) is 25.6. The van der Waals surface area contributed by atoms with Gasteiger partial charge in [0.2, 0.25) is 24.9 Å². The summed E-state index contributed by atoms with van der Waals surface area (Å²) < 4.78 is 4.75. The third-order valence-electron chi connectivity index (χ3n) is 6.21. The van der Waals surface area contributed by atoms with E-state index in [1.807, 2.05) is 19.1 Å². The lowest BCUT2D eigenvalue weighted by Crippen LogP contribution is -2.14. The molecule has 0 aromatic carbocycles. The van der Waals surface area contributed by atoms with E-state index in [1.165, 1.54) is 29.9 Å². The number of nitrogens with zero attached hydrogens (tertiary/aromatic N) is 13. The molecule has 26 heteroatoms. The van der Waals surface area contributed by atoms with Gasteiger partial charge in [0, 0.05) is 26.1 Å². The molecule has 0 aliphatic carbocycles. The van der Waals surface area contributed by atoms with Gasteiger partial charge in [0.15, 0.2) is 6.33 Å². The Kier molecular flexibility index (Phi) is 22.5. The van der Waals surface area contributed by atoms with E-state index in [-0.39, 0.29) is 29.7 Å². The Bertz CT molecular complexity index is 1960. The maximum atomic E-state index is 10.6. The van der Waals surface area contributed by atoms with Gasteiger partial charge in [-0.3, -0.25) is 4.79 Å². The van der Waals surface area contributed by atoms with Crippen LogP contribution in [-0.4, -0.2) is 64.2 Å². The molecule has 0 fully saturated rings. The molecule has 0 saturated carbocycles. The van der Waals surface area contributed by atoms with Crippen molar-refractivity contribution in [1.82, 2.24) is 38.6 Å². The summed E-state index contributed by atoms with van der Waals surface area (Å²) in [5.41, 5.74) is 6.81.